The molecule has 0 bridgehead atoms. The second-order valence-corrected chi connectivity index (χ2v) is 2.88. The highest BCUT2D eigenvalue weighted by Crippen LogP contribution is 2.28. The fourth-order valence-electron chi connectivity index (χ4n) is 0.841. The molecular weight excluding hydrogens is 251 g/mol. The molecule has 0 unspecified atom stereocenters. The minimum absolute atomic E-state index is 0.206. The van der Waals surface area contributed by atoms with Crippen LogP contribution in [0.5, 0.6) is 5.75 Å². The van der Waals surface area contributed by atoms with Gasteiger partial charge in [-0.1, -0.05) is 11.6 Å². The van der Waals surface area contributed by atoms with E-state index in [9.17, 15) is 18.0 Å². The molecule has 0 spiro atoms. The summed E-state index contributed by atoms with van der Waals surface area (Å²) >= 11 is 5.39. The van der Waals surface area contributed by atoms with E-state index in [0.717, 1.165) is 19.2 Å². The number of carbonyl (C=O) groups is 1. The number of hydrogen-bond donors (Lipinski definition) is 0. The molecule has 0 fully saturated rings. The van der Waals surface area contributed by atoms with Gasteiger partial charge in [0.15, 0.2) is 10.9 Å². The second kappa shape index (κ2) is 4.56. The van der Waals surface area contributed by atoms with Crippen LogP contribution in [0.15, 0.2) is 12.1 Å². The maximum atomic E-state index is 11.8. The summed E-state index contributed by atoms with van der Waals surface area (Å²) in [6, 6.07) is 1.90. The van der Waals surface area contributed by atoms with Crippen LogP contribution >= 0.6 is 11.6 Å². The van der Waals surface area contributed by atoms with E-state index in [4.69, 9.17) is 11.6 Å². The van der Waals surface area contributed by atoms with E-state index in [-0.39, 0.29) is 5.69 Å². The third-order valence-corrected chi connectivity index (χ3v) is 1.71. The van der Waals surface area contributed by atoms with Gasteiger partial charge in [-0.25, -0.2) is 9.78 Å². The molecule has 0 aliphatic rings. The fraction of sp³-hybridized carbons (Fsp3) is 0.250. The highest BCUT2D eigenvalue weighted by Gasteiger charge is 2.32. The molecule has 8 heteroatoms. The lowest BCUT2D eigenvalue weighted by Gasteiger charge is -2.09. The Bertz CT molecular complexity index is 408. The van der Waals surface area contributed by atoms with Gasteiger partial charge in [-0.05, 0) is 12.1 Å². The standard InChI is InChI=1S/C8H5ClF3NO3/c1-15-7(14)4-2-3-5(6(9)13-4)16-8(10,11)12/h2-3H,1H3. The van der Waals surface area contributed by atoms with Crippen LogP contribution in [-0.2, 0) is 4.74 Å². The van der Waals surface area contributed by atoms with Crippen molar-refractivity contribution in [3.8, 4) is 5.75 Å². The number of halogens is 4. The van der Waals surface area contributed by atoms with Gasteiger partial charge < -0.3 is 9.47 Å². The molecule has 4 nitrogen and oxygen atoms in total. The summed E-state index contributed by atoms with van der Waals surface area (Å²) < 4.78 is 43.4. The molecule has 1 heterocycles. The zero-order valence-electron chi connectivity index (χ0n) is 7.84. The van der Waals surface area contributed by atoms with Gasteiger partial charge in [0.25, 0.3) is 0 Å². The van der Waals surface area contributed by atoms with Crippen molar-refractivity contribution in [2.75, 3.05) is 7.11 Å². The lowest BCUT2D eigenvalue weighted by Crippen LogP contribution is -2.18. The van der Waals surface area contributed by atoms with Crippen molar-refractivity contribution in [3.63, 3.8) is 0 Å². The van der Waals surface area contributed by atoms with Crippen molar-refractivity contribution in [3.05, 3.63) is 23.0 Å². The Kier molecular flexibility index (Phi) is 3.58. The molecule has 0 radical (unpaired) electrons. The summed E-state index contributed by atoms with van der Waals surface area (Å²) in [4.78, 5) is 14.3. The summed E-state index contributed by atoms with van der Waals surface area (Å²) in [5.74, 6) is -1.48. The molecule has 0 N–H and O–H groups in total. The maximum absolute atomic E-state index is 11.8. The van der Waals surface area contributed by atoms with E-state index < -0.39 is 23.2 Å². The minimum Gasteiger partial charge on any atom is -0.464 e. The average molecular weight is 256 g/mol. The van der Waals surface area contributed by atoms with Crippen molar-refractivity contribution < 1.29 is 27.4 Å². The predicted molar refractivity (Wildman–Crippen MR) is 47.3 cm³/mol. The Morgan fingerprint density at radius 1 is 1.44 bits per heavy atom. The number of rotatable bonds is 2. The van der Waals surface area contributed by atoms with E-state index >= 15 is 0 Å². The van der Waals surface area contributed by atoms with Crippen LogP contribution in [0.1, 0.15) is 10.5 Å². The first kappa shape index (κ1) is 12.6. The molecule has 0 saturated carbocycles. The average Bonchev–Trinajstić information content (AvgIpc) is 2.18. The third-order valence-electron chi connectivity index (χ3n) is 1.43. The van der Waals surface area contributed by atoms with Crippen molar-refractivity contribution >= 4 is 17.6 Å². The van der Waals surface area contributed by atoms with Crippen LogP contribution in [0.4, 0.5) is 13.2 Å². The van der Waals surface area contributed by atoms with Crippen LogP contribution in [0.25, 0.3) is 0 Å². The summed E-state index contributed by atoms with van der Waals surface area (Å²) in [5.41, 5.74) is -0.206. The highest BCUT2D eigenvalue weighted by atomic mass is 35.5. The SMILES string of the molecule is COC(=O)c1ccc(OC(F)(F)F)c(Cl)n1. The number of nitrogens with zero attached hydrogens (tertiary/aromatic N) is 1. The molecule has 0 saturated heterocycles. The van der Waals surface area contributed by atoms with E-state index in [1.807, 2.05) is 0 Å². The van der Waals surface area contributed by atoms with Gasteiger partial charge in [0.1, 0.15) is 5.69 Å². The highest BCUT2D eigenvalue weighted by molar-refractivity contribution is 6.31. The van der Waals surface area contributed by atoms with Crippen LogP contribution in [0, 0.1) is 0 Å². The molecule has 1 aromatic heterocycles. The first-order valence-corrected chi connectivity index (χ1v) is 4.22. The third kappa shape index (κ3) is 3.27. The molecule has 0 aliphatic carbocycles. The lowest BCUT2D eigenvalue weighted by molar-refractivity contribution is -0.274. The number of pyridine rings is 1. The van der Waals surface area contributed by atoms with Crippen LogP contribution in [0.2, 0.25) is 5.15 Å². The summed E-state index contributed by atoms with van der Waals surface area (Å²) in [6.45, 7) is 0. The van der Waals surface area contributed by atoms with Crippen molar-refractivity contribution in [1.29, 1.82) is 0 Å². The predicted octanol–water partition coefficient (Wildman–Crippen LogP) is 2.42. The Labute approximate surface area is 92.9 Å². The van der Waals surface area contributed by atoms with E-state index in [1.165, 1.54) is 0 Å². The van der Waals surface area contributed by atoms with E-state index in [0.29, 0.717) is 0 Å². The zero-order valence-corrected chi connectivity index (χ0v) is 8.59. The zero-order chi connectivity index (χ0) is 12.3. The topological polar surface area (TPSA) is 48.4 Å². The van der Waals surface area contributed by atoms with Gasteiger partial charge >= 0.3 is 12.3 Å². The van der Waals surface area contributed by atoms with Gasteiger partial charge in [0.2, 0.25) is 0 Å². The molecular formula is C8H5ClF3NO3. The van der Waals surface area contributed by atoms with Crippen molar-refractivity contribution in [2.45, 2.75) is 6.36 Å². The van der Waals surface area contributed by atoms with Crippen LogP contribution in [0.3, 0.4) is 0 Å². The van der Waals surface area contributed by atoms with Gasteiger partial charge in [-0.15, -0.1) is 13.2 Å². The first-order valence-electron chi connectivity index (χ1n) is 3.84. The van der Waals surface area contributed by atoms with Crippen LogP contribution in [-0.4, -0.2) is 24.4 Å². The maximum Gasteiger partial charge on any atom is 0.573 e. The van der Waals surface area contributed by atoms with Gasteiger partial charge in [-0.2, -0.15) is 0 Å². The largest absolute Gasteiger partial charge is 0.573 e. The molecule has 88 valence electrons. The Balaban J connectivity index is 2.96. The summed E-state index contributed by atoms with van der Waals surface area (Å²) in [5, 5.41) is -0.569. The number of hydrogen-bond acceptors (Lipinski definition) is 4. The number of methoxy groups -OCH3 is 1. The van der Waals surface area contributed by atoms with Crippen molar-refractivity contribution in [1.82, 2.24) is 4.98 Å². The number of aromatic nitrogens is 1. The normalized spacial score (nSPS) is 11.1. The Morgan fingerprint density at radius 2 is 2.06 bits per heavy atom. The number of carbonyl (C=O) groups excluding carboxylic acids is 1. The van der Waals surface area contributed by atoms with Crippen LogP contribution < -0.4 is 4.74 Å². The minimum atomic E-state index is -4.86. The quantitative estimate of drug-likeness (QED) is 0.601. The van der Waals surface area contributed by atoms with Gasteiger partial charge in [-0.3, -0.25) is 0 Å². The number of alkyl halides is 3. The van der Waals surface area contributed by atoms with Gasteiger partial charge in [0.05, 0.1) is 7.11 Å². The monoisotopic (exact) mass is 255 g/mol. The smallest absolute Gasteiger partial charge is 0.464 e. The van der Waals surface area contributed by atoms with E-state index in [2.05, 4.69) is 14.5 Å². The fourth-order valence-corrected chi connectivity index (χ4v) is 1.03. The Morgan fingerprint density at radius 3 is 2.50 bits per heavy atom. The Hall–Kier alpha value is -1.50. The molecule has 1 aromatic rings. The summed E-state index contributed by atoms with van der Waals surface area (Å²) in [6.07, 6.45) is -4.86. The molecule has 1 rings (SSSR count). The molecule has 0 aromatic carbocycles. The molecule has 16 heavy (non-hydrogen) atoms. The summed E-state index contributed by atoms with van der Waals surface area (Å²) in [7, 11) is 1.11. The second-order valence-electron chi connectivity index (χ2n) is 2.52. The van der Waals surface area contributed by atoms with Crippen molar-refractivity contribution in [2.24, 2.45) is 0 Å². The number of esters is 1. The molecule has 0 amide bonds. The van der Waals surface area contributed by atoms with Gasteiger partial charge in [0, 0.05) is 0 Å². The molecule has 0 aliphatic heterocycles. The molecule has 0 atom stereocenters. The van der Waals surface area contributed by atoms with E-state index in [1.54, 1.807) is 0 Å². The number of ether oxygens (including phenoxy) is 2. The lowest BCUT2D eigenvalue weighted by atomic mass is 10.3. The first-order chi connectivity index (χ1) is 7.33.